The molecule has 0 aromatic carbocycles. The van der Waals surface area contributed by atoms with Crippen molar-refractivity contribution in [3.05, 3.63) is 92.6 Å². The minimum Gasteiger partial charge on any atom is -0.507 e. The number of rotatable bonds is 16. The molecule has 2 N–H and O–H groups in total. The Kier molecular flexibility index (Phi) is 16.6. The molecule has 0 heterocycles. The number of fused-ring (bicyclic) bond motifs is 4. The molecule has 10 heteroatoms. The second-order valence-corrected chi connectivity index (χ2v) is 25.9. The zero-order chi connectivity index (χ0) is 54.6. The van der Waals surface area contributed by atoms with Crippen LogP contribution in [-0.2, 0) is 38.2 Å². The van der Waals surface area contributed by atoms with E-state index in [4.69, 9.17) is 9.47 Å². The van der Waals surface area contributed by atoms with Gasteiger partial charge in [0, 0.05) is 33.8 Å². The van der Waals surface area contributed by atoms with Crippen LogP contribution in [0.2, 0.25) is 0 Å². The third-order valence-corrected chi connectivity index (χ3v) is 20.1. The normalized spacial score (nSPS) is 33.2. The molecule has 4 fully saturated rings. The van der Waals surface area contributed by atoms with Crippen molar-refractivity contribution in [3.8, 4) is 0 Å². The van der Waals surface area contributed by atoms with Gasteiger partial charge in [-0.1, -0.05) is 129 Å². The fourth-order valence-electron chi connectivity index (χ4n) is 15.1. The highest BCUT2D eigenvalue weighted by molar-refractivity contribution is 6.52. The van der Waals surface area contributed by atoms with Gasteiger partial charge >= 0.3 is 11.9 Å². The molecule has 6 unspecified atom stereocenters. The van der Waals surface area contributed by atoms with Crippen molar-refractivity contribution in [2.45, 2.75) is 211 Å². The predicted molar refractivity (Wildman–Crippen MR) is 289 cm³/mol. The van der Waals surface area contributed by atoms with Gasteiger partial charge in [-0.05, 0) is 152 Å². The number of ketones is 4. The van der Waals surface area contributed by atoms with Gasteiger partial charge in [0.05, 0.1) is 11.1 Å². The Morgan fingerprint density at radius 1 is 0.635 bits per heavy atom. The van der Waals surface area contributed by atoms with Crippen LogP contribution in [0.3, 0.4) is 0 Å². The molecular formula is C64H88O10. The maximum atomic E-state index is 13.8. The zero-order valence-corrected chi connectivity index (χ0v) is 47.1. The summed E-state index contributed by atoms with van der Waals surface area (Å²) in [5.41, 5.74) is 4.11. The summed E-state index contributed by atoms with van der Waals surface area (Å²) in [6.45, 7) is 33.6. The topological polar surface area (TPSA) is 161 Å². The van der Waals surface area contributed by atoms with Gasteiger partial charge < -0.3 is 19.7 Å². The summed E-state index contributed by atoms with van der Waals surface area (Å²) in [6.07, 6.45) is 17.9. The molecule has 4 saturated carbocycles. The van der Waals surface area contributed by atoms with Crippen molar-refractivity contribution >= 4 is 35.1 Å². The molecule has 74 heavy (non-hydrogen) atoms. The van der Waals surface area contributed by atoms with E-state index in [1.165, 1.54) is 0 Å². The van der Waals surface area contributed by atoms with Crippen LogP contribution in [-0.4, -0.2) is 57.5 Å². The number of ether oxygens (including phenoxy) is 2. The molecule has 404 valence electrons. The van der Waals surface area contributed by atoms with E-state index in [0.717, 1.165) is 112 Å². The lowest BCUT2D eigenvalue weighted by Gasteiger charge is -2.39. The largest absolute Gasteiger partial charge is 0.507 e. The standard InChI is InChI=1S/2C32H44O5/c1-8-9-10-11-22-26(30(36)37-24-15-20-16-32(24,7)17-31(20,5)6)28(34)25(29(35)27(22)33)23-14-19(4)12-13-21(23)18(2)3;1-8-9-10-11-22-26(30(36)37-24-17-20-14-15-32(24,7)31(20,5)6)28(34)25(29(35)27(22)33)23-16-19(4)12-13-21(23)18(2)3/h14,20-21,23-24,34H,2,8-13,15-17H2,1,3-7H3;16,20-21,23-24,34H,2,8-15,17H2,1,3-7H3/t2*20?,21-,23+,24?,32?/m00/s1. The van der Waals surface area contributed by atoms with Gasteiger partial charge in [0.1, 0.15) is 34.9 Å². The number of hydrogen-bond donors (Lipinski definition) is 2. The van der Waals surface area contributed by atoms with Crippen LogP contribution in [0.4, 0.5) is 0 Å². The average molecular weight is 1020 g/mol. The van der Waals surface area contributed by atoms with E-state index in [0.29, 0.717) is 24.7 Å². The van der Waals surface area contributed by atoms with Gasteiger partial charge in [0.15, 0.2) is 0 Å². The fraction of sp³-hybridized carbons (Fsp3) is 0.656. The summed E-state index contributed by atoms with van der Waals surface area (Å²) in [7, 11) is 0. The van der Waals surface area contributed by atoms with E-state index in [9.17, 15) is 39.0 Å². The second kappa shape index (κ2) is 21.6. The molecule has 0 spiro atoms. The van der Waals surface area contributed by atoms with Crippen LogP contribution in [0.15, 0.2) is 92.6 Å². The van der Waals surface area contributed by atoms with E-state index < -0.39 is 46.9 Å². The number of carbonyl (C=O) groups excluding carboxylic acids is 6. The van der Waals surface area contributed by atoms with Crippen LogP contribution >= 0.6 is 0 Å². The van der Waals surface area contributed by atoms with Crippen molar-refractivity contribution in [1.82, 2.24) is 0 Å². The highest BCUT2D eigenvalue weighted by Gasteiger charge is 2.63. The molecule has 10 nitrogen and oxygen atoms in total. The van der Waals surface area contributed by atoms with Crippen LogP contribution in [0, 0.1) is 57.2 Å². The van der Waals surface area contributed by atoms with Gasteiger partial charge in [-0.15, -0.1) is 0 Å². The molecule has 8 aliphatic carbocycles. The third kappa shape index (κ3) is 10.3. The van der Waals surface area contributed by atoms with E-state index in [1.807, 2.05) is 39.8 Å². The summed E-state index contributed by atoms with van der Waals surface area (Å²) >= 11 is 0. The fourth-order valence-corrected chi connectivity index (χ4v) is 15.1. The maximum Gasteiger partial charge on any atom is 0.342 e. The Balaban J connectivity index is 0.000000216. The molecule has 10 atom stereocenters. The first kappa shape index (κ1) is 56.9. The lowest BCUT2D eigenvalue weighted by atomic mass is 9.69. The molecule has 0 aromatic rings. The second-order valence-electron chi connectivity index (χ2n) is 25.9. The molecule has 0 amide bonds. The summed E-state index contributed by atoms with van der Waals surface area (Å²) in [5.74, 6) is -4.97. The maximum absolute atomic E-state index is 13.8. The van der Waals surface area contributed by atoms with E-state index >= 15 is 0 Å². The van der Waals surface area contributed by atoms with Crippen LogP contribution in [0.5, 0.6) is 0 Å². The zero-order valence-electron chi connectivity index (χ0n) is 47.1. The first-order chi connectivity index (χ1) is 34.6. The van der Waals surface area contributed by atoms with E-state index in [2.05, 4.69) is 68.5 Å². The highest BCUT2D eigenvalue weighted by Crippen LogP contribution is 2.67. The molecule has 4 bridgehead atoms. The average Bonchev–Trinajstić information content (AvgIpc) is 3.91. The first-order valence-electron chi connectivity index (χ1n) is 28.2. The Labute approximate surface area is 442 Å². The molecule has 0 radical (unpaired) electrons. The Bertz CT molecular complexity index is 2580. The van der Waals surface area contributed by atoms with Gasteiger partial charge in [-0.2, -0.15) is 0 Å². The number of esters is 2. The number of hydrogen-bond acceptors (Lipinski definition) is 10. The molecule has 8 rings (SSSR count). The predicted octanol–water partition coefficient (Wildman–Crippen LogP) is 14.3. The quantitative estimate of drug-likeness (QED) is 0.0500. The number of aliphatic hydroxyl groups excluding tert-OH is 2. The summed E-state index contributed by atoms with van der Waals surface area (Å²) in [5, 5.41) is 23.2. The van der Waals surface area contributed by atoms with Gasteiger partial charge in [0.2, 0.25) is 23.1 Å². The number of aliphatic hydroxyl groups is 2. The van der Waals surface area contributed by atoms with Crippen LogP contribution in [0.25, 0.3) is 0 Å². The van der Waals surface area contributed by atoms with Crippen molar-refractivity contribution in [1.29, 1.82) is 0 Å². The monoisotopic (exact) mass is 1020 g/mol. The smallest absolute Gasteiger partial charge is 0.342 e. The minimum absolute atomic E-state index is 0.0303. The molecule has 8 aliphatic rings. The highest BCUT2D eigenvalue weighted by atomic mass is 16.6. The molecular weight excluding hydrogens is 929 g/mol. The van der Waals surface area contributed by atoms with Crippen LogP contribution < -0.4 is 0 Å². The van der Waals surface area contributed by atoms with Gasteiger partial charge in [0.25, 0.3) is 0 Å². The van der Waals surface area contributed by atoms with Gasteiger partial charge in [-0.3, -0.25) is 19.2 Å². The van der Waals surface area contributed by atoms with E-state index in [1.54, 1.807) is 0 Å². The van der Waals surface area contributed by atoms with Crippen molar-refractivity contribution in [3.63, 3.8) is 0 Å². The summed E-state index contributed by atoms with van der Waals surface area (Å²) in [6, 6.07) is 0. The van der Waals surface area contributed by atoms with Crippen molar-refractivity contribution < 1.29 is 48.5 Å². The summed E-state index contributed by atoms with van der Waals surface area (Å²) < 4.78 is 12.3. The number of carbonyl (C=O) groups is 6. The van der Waals surface area contributed by atoms with Gasteiger partial charge in [-0.25, -0.2) is 9.59 Å². The first-order valence-corrected chi connectivity index (χ1v) is 28.2. The Hall–Kier alpha value is -4.86. The molecule has 0 aliphatic heterocycles. The van der Waals surface area contributed by atoms with E-state index in [-0.39, 0.29) is 104 Å². The van der Waals surface area contributed by atoms with Crippen molar-refractivity contribution in [2.24, 2.45) is 57.2 Å². The molecule has 0 saturated heterocycles. The van der Waals surface area contributed by atoms with Crippen molar-refractivity contribution in [2.75, 3.05) is 0 Å². The third-order valence-electron chi connectivity index (χ3n) is 20.1. The Morgan fingerprint density at radius 3 is 1.42 bits per heavy atom. The lowest BCUT2D eigenvalue weighted by Crippen LogP contribution is -2.40. The summed E-state index contributed by atoms with van der Waals surface area (Å²) in [4.78, 5) is 81.6. The minimum atomic E-state index is -0.698. The number of allylic oxidation sites excluding steroid dienone is 10. The SMILES string of the molecule is C=C(C)[C@@H]1CCC(C)=C[C@H]1C1=C(O)C(C(=O)OC2CC3CC2(C)CC3(C)C)=C(CCCCC)C(=O)C1=O.C=C(C)[C@@H]1CCC(C)=C[C@H]1C1=C(O)C(C(=O)OC2CC3CCC2(C)C3(C)C)=C(CCCCC)C(=O)C1=O. The number of unbranched alkanes of at least 4 members (excludes halogenated alkanes) is 4. The molecule has 0 aromatic heterocycles. The lowest BCUT2D eigenvalue weighted by molar-refractivity contribution is -0.153. The number of Topliss-reactive ketones (excluding diaryl/α,β-unsaturated/α-hetero) is 4. The Morgan fingerprint density at radius 2 is 1.07 bits per heavy atom. The van der Waals surface area contributed by atoms with Crippen LogP contribution in [0.1, 0.15) is 199 Å².